The third-order valence-corrected chi connectivity index (χ3v) is 7.80. The van der Waals surface area contributed by atoms with Crippen LogP contribution in [0.5, 0.6) is 5.75 Å². The van der Waals surface area contributed by atoms with Crippen molar-refractivity contribution in [3.05, 3.63) is 87.9 Å². The monoisotopic (exact) mass is 494 g/mol. The second-order valence-electron chi connectivity index (χ2n) is 9.48. The van der Waals surface area contributed by atoms with Crippen LogP contribution in [-0.2, 0) is 11.2 Å². The Kier molecular flexibility index (Phi) is 7.46. The molecule has 2 heterocycles. The Hall–Kier alpha value is -2.74. The molecular formula is C28H31FN2O3S. The molecule has 1 amide bonds. The van der Waals surface area contributed by atoms with Gasteiger partial charge in [0.2, 0.25) is 5.91 Å². The predicted octanol–water partition coefficient (Wildman–Crippen LogP) is 4.84. The van der Waals surface area contributed by atoms with Crippen LogP contribution in [0.25, 0.3) is 0 Å². The molecule has 0 bridgehead atoms. The number of nitrogens with zero attached hydrogens (tertiary/aromatic N) is 2. The van der Waals surface area contributed by atoms with E-state index < -0.39 is 6.10 Å². The first-order valence-electron chi connectivity index (χ1n) is 12.3. The molecule has 7 heteroatoms. The van der Waals surface area contributed by atoms with Crippen molar-refractivity contribution >= 4 is 17.2 Å². The molecule has 1 N–H and O–H groups in total. The van der Waals surface area contributed by atoms with Crippen LogP contribution >= 0.6 is 11.3 Å². The van der Waals surface area contributed by atoms with Crippen molar-refractivity contribution in [3.8, 4) is 5.75 Å². The molecule has 1 aliphatic carbocycles. The van der Waals surface area contributed by atoms with Gasteiger partial charge in [-0.25, -0.2) is 4.39 Å². The molecule has 0 saturated heterocycles. The highest BCUT2D eigenvalue weighted by Gasteiger charge is 2.34. The summed E-state index contributed by atoms with van der Waals surface area (Å²) in [5.41, 5.74) is 1.98. The van der Waals surface area contributed by atoms with Crippen LogP contribution in [0.4, 0.5) is 4.39 Å². The number of hydrogen-bond donors (Lipinski definition) is 1. The number of fused-ring (bicyclic) bond motifs is 1. The van der Waals surface area contributed by atoms with Gasteiger partial charge in [0.1, 0.15) is 18.2 Å². The third-order valence-electron chi connectivity index (χ3n) is 6.81. The molecule has 1 aliphatic heterocycles. The maximum absolute atomic E-state index is 13.6. The quantitative estimate of drug-likeness (QED) is 0.438. The van der Waals surface area contributed by atoms with E-state index in [2.05, 4.69) is 16.3 Å². The first-order valence-corrected chi connectivity index (χ1v) is 13.1. The topological polar surface area (TPSA) is 53.0 Å². The molecule has 0 spiro atoms. The fraction of sp³-hybridized carbons (Fsp3) is 0.393. The summed E-state index contributed by atoms with van der Waals surface area (Å²) in [5, 5.41) is 12.9. The van der Waals surface area contributed by atoms with Crippen LogP contribution in [0.15, 0.2) is 66.0 Å². The minimum absolute atomic E-state index is 0.0376. The van der Waals surface area contributed by atoms with Crippen LogP contribution in [0.3, 0.4) is 0 Å². The summed E-state index contributed by atoms with van der Waals surface area (Å²) < 4.78 is 19.6. The number of carbonyl (C=O) groups excluding carboxylic acids is 1. The Balaban J connectivity index is 1.29. The SMILES string of the molecule is O=C(CN(CC1CC1)C[C@@H](O)c1ccccc1)N1CCc2sccc2[C@@H]1COc1cccc(F)c1. The summed E-state index contributed by atoms with van der Waals surface area (Å²) in [5.74, 6) is 0.752. The Morgan fingerprint density at radius 3 is 2.77 bits per heavy atom. The van der Waals surface area contributed by atoms with Crippen molar-refractivity contribution in [2.75, 3.05) is 32.8 Å². The molecule has 2 aliphatic rings. The zero-order chi connectivity index (χ0) is 24.2. The summed E-state index contributed by atoms with van der Waals surface area (Å²) in [6, 6.07) is 17.6. The summed E-state index contributed by atoms with van der Waals surface area (Å²) in [4.78, 5) is 18.9. The highest BCUT2D eigenvalue weighted by molar-refractivity contribution is 7.10. The van der Waals surface area contributed by atoms with Crippen molar-refractivity contribution in [2.45, 2.75) is 31.4 Å². The second kappa shape index (κ2) is 10.9. The fourth-order valence-electron chi connectivity index (χ4n) is 4.78. The van der Waals surface area contributed by atoms with Crippen LogP contribution < -0.4 is 4.74 Å². The molecule has 3 aromatic rings. The number of halogens is 1. The highest BCUT2D eigenvalue weighted by atomic mass is 32.1. The normalized spacial score (nSPS) is 18.4. The summed E-state index contributed by atoms with van der Waals surface area (Å²) in [6.07, 6.45) is 2.54. The summed E-state index contributed by atoms with van der Waals surface area (Å²) >= 11 is 1.71. The average molecular weight is 495 g/mol. The van der Waals surface area contributed by atoms with E-state index in [9.17, 15) is 14.3 Å². The molecule has 2 aromatic carbocycles. The van der Waals surface area contributed by atoms with E-state index in [4.69, 9.17) is 4.74 Å². The molecule has 1 saturated carbocycles. The summed E-state index contributed by atoms with van der Waals surface area (Å²) in [6.45, 7) is 2.40. The lowest BCUT2D eigenvalue weighted by Gasteiger charge is -2.37. The smallest absolute Gasteiger partial charge is 0.237 e. The van der Waals surface area contributed by atoms with Crippen molar-refractivity contribution in [3.63, 3.8) is 0 Å². The van der Waals surface area contributed by atoms with Gasteiger partial charge in [0.25, 0.3) is 0 Å². The Labute approximate surface area is 209 Å². The summed E-state index contributed by atoms with van der Waals surface area (Å²) in [7, 11) is 0. The molecule has 2 atom stereocenters. The van der Waals surface area contributed by atoms with Gasteiger partial charge >= 0.3 is 0 Å². The fourth-order valence-corrected chi connectivity index (χ4v) is 5.71. The Bertz CT molecular complexity index is 1130. The van der Waals surface area contributed by atoms with Gasteiger partial charge in [-0.05, 0) is 59.9 Å². The van der Waals surface area contributed by atoms with Gasteiger partial charge < -0.3 is 14.7 Å². The number of benzene rings is 2. The van der Waals surface area contributed by atoms with E-state index in [0.717, 1.165) is 24.1 Å². The number of thiophene rings is 1. The lowest BCUT2D eigenvalue weighted by Crippen LogP contribution is -2.47. The third kappa shape index (κ3) is 6.10. The van der Waals surface area contributed by atoms with E-state index >= 15 is 0 Å². The van der Waals surface area contributed by atoms with Crippen molar-refractivity contribution in [1.82, 2.24) is 9.80 Å². The number of aliphatic hydroxyl groups excluding tert-OH is 1. The molecule has 1 aromatic heterocycles. The standard InChI is InChI=1S/C28H31FN2O3S/c29-22-7-4-8-23(15-22)34-19-25-24-12-14-35-27(24)11-13-31(25)28(33)18-30(16-20-9-10-20)17-26(32)21-5-2-1-3-6-21/h1-8,12,14-15,20,25-26,32H,9-11,13,16-19H2/t25-,26+/m0/s1. The zero-order valence-corrected chi connectivity index (χ0v) is 20.5. The van der Waals surface area contributed by atoms with Crippen LogP contribution in [-0.4, -0.2) is 53.6 Å². The first kappa shape index (κ1) is 24.0. The number of aliphatic hydroxyl groups is 1. The van der Waals surface area contributed by atoms with Crippen LogP contribution in [0, 0.1) is 11.7 Å². The van der Waals surface area contributed by atoms with Gasteiger partial charge in [0.15, 0.2) is 0 Å². The zero-order valence-electron chi connectivity index (χ0n) is 19.7. The first-order chi connectivity index (χ1) is 17.1. The molecule has 1 fully saturated rings. The molecule has 35 heavy (non-hydrogen) atoms. The molecule has 0 unspecified atom stereocenters. The van der Waals surface area contributed by atoms with E-state index in [1.54, 1.807) is 23.5 Å². The van der Waals surface area contributed by atoms with Gasteiger partial charge in [-0.1, -0.05) is 36.4 Å². The molecule has 184 valence electrons. The lowest BCUT2D eigenvalue weighted by molar-refractivity contribution is -0.136. The van der Waals surface area contributed by atoms with E-state index in [1.807, 2.05) is 35.2 Å². The van der Waals surface area contributed by atoms with Gasteiger partial charge in [0, 0.05) is 30.6 Å². The molecule has 5 rings (SSSR count). The highest BCUT2D eigenvalue weighted by Crippen LogP contribution is 2.35. The van der Waals surface area contributed by atoms with E-state index in [-0.39, 0.29) is 30.9 Å². The minimum atomic E-state index is -0.639. The van der Waals surface area contributed by atoms with Gasteiger partial charge in [-0.3, -0.25) is 9.69 Å². The number of hydrogen-bond acceptors (Lipinski definition) is 5. The molecule has 5 nitrogen and oxygen atoms in total. The maximum Gasteiger partial charge on any atom is 0.237 e. The van der Waals surface area contributed by atoms with Crippen molar-refractivity contribution in [1.29, 1.82) is 0 Å². The number of carbonyl (C=O) groups is 1. The number of ether oxygens (including phenoxy) is 1. The lowest BCUT2D eigenvalue weighted by atomic mass is 10.00. The van der Waals surface area contributed by atoms with Gasteiger partial charge in [0.05, 0.1) is 18.7 Å². The number of rotatable bonds is 10. The van der Waals surface area contributed by atoms with Crippen LogP contribution in [0.2, 0.25) is 0 Å². The largest absolute Gasteiger partial charge is 0.491 e. The van der Waals surface area contributed by atoms with Crippen LogP contribution in [0.1, 0.15) is 41.0 Å². The Morgan fingerprint density at radius 1 is 1.17 bits per heavy atom. The van der Waals surface area contributed by atoms with E-state index in [0.29, 0.717) is 24.8 Å². The Morgan fingerprint density at radius 2 is 2.00 bits per heavy atom. The average Bonchev–Trinajstić information content (AvgIpc) is 3.54. The van der Waals surface area contributed by atoms with Gasteiger partial charge in [-0.15, -0.1) is 11.3 Å². The van der Waals surface area contributed by atoms with Gasteiger partial charge in [-0.2, -0.15) is 0 Å². The minimum Gasteiger partial charge on any atom is -0.491 e. The second-order valence-corrected chi connectivity index (χ2v) is 10.5. The molecular weight excluding hydrogens is 463 g/mol. The predicted molar refractivity (Wildman–Crippen MR) is 135 cm³/mol. The van der Waals surface area contributed by atoms with Crippen molar-refractivity contribution < 1.29 is 19.0 Å². The number of amides is 1. The van der Waals surface area contributed by atoms with E-state index in [1.165, 1.54) is 29.9 Å². The van der Waals surface area contributed by atoms with Crippen molar-refractivity contribution in [2.24, 2.45) is 5.92 Å². The molecule has 0 radical (unpaired) electrons. The maximum atomic E-state index is 13.6.